The van der Waals surface area contributed by atoms with Crippen LogP contribution in [-0.4, -0.2) is 30.9 Å². The first-order valence-electron chi connectivity index (χ1n) is 9.33. The van der Waals surface area contributed by atoms with E-state index in [0.29, 0.717) is 17.6 Å². The Morgan fingerprint density at radius 1 is 1.18 bits per heavy atom. The third-order valence-corrected chi connectivity index (χ3v) is 4.75. The number of amides is 1. The molecule has 28 heavy (non-hydrogen) atoms. The fourth-order valence-electron chi connectivity index (χ4n) is 3.32. The van der Waals surface area contributed by atoms with Crippen LogP contribution in [0.25, 0.3) is 0 Å². The number of carbonyl (C=O) groups is 3. The van der Waals surface area contributed by atoms with Crippen molar-refractivity contribution in [1.29, 1.82) is 0 Å². The monoisotopic (exact) mass is 381 g/mol. The van der Waals surface area contributed by atoms with Gasteiger partial charge >= 0.3 is 5.97 Å². The van der Waals surface area contributed by atoms with Gasteiger partial charge in [0.2, 0.25) is 0 Å². The minimum Gasteiger partial charge on any atom is -0.481 e. The Morgan fingerprint density at radius 2 is 1.93 bits per heavy atom. The summed E-state index contributed by atoms with van der Waals surface area (Å²) in [5.74, 6) is -0.721. The molecule has 6 nitrogen and oxygen atoms in total. The number of rotatable bonds is 7. The number of carbonyl (C=O) groups excluding carboxylic acids is 3. The van der Waals surface area contributed by atoms with Gasteiger partial charge in [-0.05, 0) is 49.4 Å². The largest absolute Gasteiger partial charge is 0.481 e. The van der Waals surface area contributed by atoms with Crippen molar-refractivity contribution in [2.75, 3.05) is 6.61 Å². The molecule has 1 aliphatic carbocycles. The summed E-state index contributed by atoms with van der Waals surface area (Å²) in [6.07, 6.45) is 2.58. The van der Waals surface area contributed by atoms with Crippen LogP contribution in [0, 0.1) is 0 Å². The smallest absolute Gasteiger partial charge is 0.344 e. The molecule has 1 aliphatic rings. The van der Waals surface area contributed by atoms with Gasteiger partial charge in [0.05, 0.1) is 11.6 Å². The predicted molar refractivity (Wildman–Crippen MR) is 103 cm³/mol. The first kappa shape index (κ1) is 19.6. The van der Waals surface area contributed by atoms with Crippen molar-refractivity contribution in [2.24, 2.45) is 0 Å². The van der Waals surface area contributed by atoms with Crippen LogP contribution < -0.4 is 10.1 Å². The van der Waals surface area contributed by atoms with E-state index in [1.54, 1.807) is 24.3 Å². The number of fused-ring (bicyclic) bond motifs is 1. The number of benzene rings is 2. The average Bonchev–Trinajstić information content (AvgIpc) is 2.72. The number of ether oxygens (including phenoxy) is 2. The van der Waals surface area contributed by atoms with Gasteiger partial charge in [-0.15, -0.1) is 0 Å². The molecular weight excluding hydrogens is 358 g/mol. The van der Waals surface area contributed by atoms with E-state index >= 15 is 0 Å². The van der Waals surface area contributed by atoms with Crippen LogP contribution in [0.3, 0.4) is 0 Å². The number of aldehydes is 1. The van der Waals surface area contributed by atoms with Crippen LogP contribution >= 0.6 is 0 Å². The van der Waals surface area contributed by atoms with E-state index in [1.165, 1.54) is 12.5 Å². The molecule has 1 N–H and O–H groups in total. The van der Waals surface area contributed by atoms with Gasteiger partial charge in [0.25, 0.3) is 5.91 Å². The zero-order valence-corrected chi connectivity index (χ0v) is 15.7. The number of esters is 1. The molecule has 0 aliphatic heterocycles. The molecule has 2 aromatic carbocycles. The summed E-state index contributed by atoms with van der Waals surface area (Å²) in [6, 6.07) is 14.6. The zero-order chi connectivity index (χ0) is 19.9. The highest BCUT2D eigenvalue weighted by Gasteiger charge is 2.25. The fourth-order valence-corrected chi connectivity index (χ4v) is 3.32. The third kappa shape index (κ3) is 4.76. The topological polar surface area (TPSA) is 81.7 Å². The molecule has 0 saturated heterocycles. The van der Waals surface area contributed by atoms with Crippen LogP contribution in [0.5, 0.6) is 5.75 Å². The summed E-state index contributed by atoms with van der Waals surface area (Å²) >= 11 is 0. The molecule has 0 unspecified atom stereocenters. The quantitative estimate of drug-likeness (QED) is 0.589. The summed E-state index contributed by atoms with van der Waals surface area (Å²) in [4.78, 5) is 35.4. The normalized spacial score (nSPS) is 16.4. The van der Waals surface area contributed by atoms with Crippen LogP contribution in [0.4, 0.5) is 0 Å². The van der Waals surface area contributed by atoms with E-state index in [0.717, 1.165) is 24.8 Å². The maximum atomic E-state index is 12.5. The number of aryl methyl sites for hydroxylation is 1. The zero-order valence-electron chi connectivity index (χ0n) is 15.7. The molecule has 2 atom stereocenters. The van der Waals surface area contributed by atoms with Crippen molar-refractivity contribution in [3.05, 3.63) is 65.2 Å². The maximum Gasteiger partial charge on any atom is 0.344 e. The summed E-state index contributed by atoms with van der Waals surface area (Å²) in [5.41, 5.74) is 2.71. The van der Waals surface area contributed by atoms with E-state index in [9.17, 15) is 14.4 Å². The number of hydrogen-bond acceptors (Lipinski definition) is 5. The molecule has 6 heteroatoms. The lowest BCUT2D eigenvalue weighted by molar-refractivity contribution is -0.156. The van der Waals surface area contributed by atoms with E-state index in [4.69, 9.17) is 9.47 Å². The number of hydrogen-bond donors (Lipinski definition) is 1. The van der Waals surface area contributed by atoms with Gasteiger partial charge in [-0.25, -0.2) is 4.79 Å². The summed E-state index contributed by atoms with van der Waals surface area (Å²) in [7, 11) is 0. The van der Waals surface area contributed by atoms with E-state index in [-0.39, 0.29) is 18.6 Å². The van der Waals surface area contributed by atoms with Gasteiger partial charge in [0, 0.05) is 0 Å². The second kappa shape index (κ2) is 9.17. The van der Waals surface area contributed by atoms with Crippen LogP contribution in [0.15, 0.2) is 48.5 Å². The van der Waals surface area contributed by atoms with Gasteiger partial charge in [-0.3, -0.25) is 9.59 Å². The van der Waals surface area contributed by atoms with Crippen molar-refractivity contribution in [1.82, 2.24) is 5.32 Å². The second-order valence-electron chi connectivity index (χ2n) is 6.73. The molecule has 0 radical (unpaired) electrons. The molecular formula is C22H23NO5. The predicted octanol–water partition coefficient (Wildman–Crippen LogP) is 3.00. The average molecular weight is 381 g/mol. The highest BCUT2D eigenvalue weighted by Crippen LogP contribution is 2.29. The van der Waals surface area contributed by atoms with Crippen molar-refractivity contribution in [2.45, 2.75) is 38.3 Å². The van der Waals surface area contributed by atoms with Gasteiger partial charge in [0.1, 0.15) is 5.75 Å². The second-order valence-corrected chi connectivity index (χ2v) is 6.73. The Hall–Kier alpha value is -3.15. The molecule has 2 aromatic rings. The minimum atomic E-state index is -0.938. The van der Waals surface area contributed by atoms with Crippen LogP contribution in [-0.2, 0) is 20.7 Å². The number of nitrogens with one attached hydrogen (secondary N) is 1. The molecule has 0 fully saturated rings. The van der Waals surface area contributed by atoms with Crippen molar-refractivity contribution in [3.8, 4) is 5.75 Å². The highest BCUT2D eigenvalue weighted by molar-refractivity contribution is 5.84. The lowest BCUT2D eigenvalue weighted by Gasteiger charge is -2.27. The van der Waals surface area contributed by atoms with Gasteiger partial charge in [0.15, 0.2) is 19.0 Å². The molecule has 3 rings (SSSR count). The van der Waals surface area contributed by atoms with Crippen LogP contribution in [0.2, 0.25) is 0 Å². The van der Waals surface area contributed by atoms with Gasteiger partial charge in [-0.1, -0.05) is 36.4 Å². The van der Waals surface area contributed by atoms with Crippen molar-refractivity contribution < 1.29 is 23.9 Å². The van der Waals surface area contributed by atoms with E-state index in [2.05, 4.69) is 11.4 Å². The minimum absolute atomic E-state index is 0.0747. The molecule has 1 amide bonds. The Labute approximate surface area is 163 Å². The fraction of sp³-hybridized carbons (Fsp3) is 0.318. The SMILES string of the molecule is C[C@@H](OC(=O)COc1ccccc1C=O)C(=O)N[C@@H]1CCCc2ccccc21. The first-order valence-corrected chi connectivity index (χ1v) is 9.33. The van der Waals surface area contributed by atoms with Crippen molar-refractivity contribution in [3.63, 3.8) is 0 Å². The standard InChI is InChI=1S/C22H23NO5/c1-15(28-21(25)14-27-20-12-5-3-8-17(20)13-24)22(26)23-19-11-6-9-16-7-2-4-10-18(16)19/h2-5,7-8,10,12-13,15,19H,6,9,11,14H2,1H3,(H,23,26)/t15-,19-/m1/s1. The highest BCUT2D eigenvalue weighted by atomic mass is 16.6. The third-order valence-electron chi connectivity index (χ3n) is 4.75. The summed E-state index contributed by atoms with van der Waals surface area (Å²) in [6.45, 7) is 1.15. The van der Waals surface area contributed by atoms with Crippen molar-refractivity contribution >= 4 is 18.2 Å². The van der Waals surface area contributed by atoms with Gasteiger partial charge in [-0.2, -0.15) is 0 Å². The molecule has 0 aromatic heterocycles. The molecule has 146 valence electrons. The Balaban J connectivity index is 1.52. The van der Waals surface area contributed by atoms with E-state index < -0.39 is 12.1 Å². The number of para-hydroxylation sites is 1. The Kier molecular flexibility index (Phi) is 6.42. The lowest BCUT2D eigenvalue weighted by Crippen LogP contribution is -2.39. The molecule has 0 heterocycles. The maximum absolute atomic E-state index is 12.5. The Morgan fingerprint density at radius 3 is 2.75 bits per heavy atom. The van der Waals surface area contributed by atoms with Crippen LogP contribution in [0.1, 0.15) is 47.3 Å². The van der Waals surface area contributed by atoms with E-state index in [1.807, 2.05) is 18.2 Å². The lowest BCUT2D eigenvalue weighted by atomic mass is 9.87. The molecule has 0 spiro atoms. The first-order chi connectivity index (χ1) is 13.6. The molecule has 0 bridgehead atoms. The summed E-state index contributed by atoms with van der Waals surface area (Å²) in [5, 5.41) is 2.97. The van der Waals surface area contributed by atoms with Gasteiger partial charge < -0.3 is 14.8 Å². The summed E-state index contributed by atoms with van der Waals surface area (Å²) < 4.78 is 10.5. The molecule has 0 saturated carbocycles. The Bertz CT molecular complexity index is 864.